The van der Waals surface area contributed by atoms with Crippen LogP contribution in [0.25, 0.3) is 0 Å². The Labute approximate surface area is 125 Å². The Bertz CT molecular complexity index is 461. The van der Waals surface area contributed by atoms with Gasteiger partial charge in [0.1, 0.15) is 0 Å². The number of nitrogens with zero attached hydrogens (tertiary/aromatic N) is 1. The molecule has 2 fully saturated rings. The summed E-state index contributed by atoms with van der Waals surface area (Å²) in [6.07, 6.45) is 6.07. The van der Waals surface area contributed by atoms with Crippen LogP contribution in [-0.2, 0) is 6.42 Å². The van der Waals surface area contributed by atoms with E-state index in [1.807, 2.05) is 6.07 Å². The lowest BCUT2D eigenvalue weighted by Gasteiger charge is -2.25. The fourth-order valence-electron chi connectivity index (χ4n) is 2.87. The Kier molecular flexibility index (Phi) is 4.41. The van der Waals surface area contributed by atoms with E-state index in [0.29, 0.717) is 6.04 Å². The number of nitrogens with one attached hydrogen (secondary N) is 1. The summed E-state index contributed by atoms with van der Waals surface area (Å²) in [7, 11) is 0. The van der Waals surface area contributed by atoms with Crippen molar-refractivity contribution in [2.75, 3.05) is 19.6 Å². The summed E-state index contributed by atoms with van der Waals surface area (Å²) in [5.41, 5.74) is 0. The number of hydrogen-bond acceptors (Lipinski definition) is 3. The van der Waals surface area contributed by atoms with Crippen LogP contribution in [-0.4, -0.2) is 36.5 Å². The molecule has 2 aliphatic rings. The summed E-state index contributed by atoms with van der Waals surface area (Å²) >= 11 is 1.66. The lowest BCUT2D eigenvalue weighted by molar-refractivity contribution is 0.0738. The number of rotatable bonds is 6. The van der Waals surface area contributed by atoms with Crippen LogP contribution in [0.4, 0.5) is 0 Å². The van der Waals surface area contributed by atoms with Crippen LogP contribution < -0.4 is 5.32 Å². The van der Waals surface area contributed by atoms with E-state index in [1.165, 1.54) is 30.6 Å². The fraction of sp³-hybridized carbons (Fsp3) is 0.688. The summed E-state index contributed by atoms with van der Waals surface area (Å²) in [6, 6.07) is 4.61. The number of aryl methyl sites for hydroxylation is 1. The minimum absolute atomic E-state index is 0.246. The van der Waals surface area contributed by atoms with E-state index in [0.717, 1.165) is 36.9 Å². The highest BCUT2D eigenvalue weighted by Gasteiger charge is 2.30. The molecule has 20 heavy (non-hydrogen) atoms. The van der Waals surface area contributed by atoms with Crippen molar-refractivity contribution in [1.82, 2.24) is 10.2 Å². The summed E-state index contributed by atoms with van der Waals surface area (Å²) < 4.78 is 0. The van der Waals surface area contributed by atoms with Gasteiger partial charge in [0.05, 0.1) is 4.88 Å². The van der Waals surface area contributed by atoms with Crippen LogP contribution in [0, 0.1) is 5.92 Å². The first-order valence-corrected chi connectivity index (χ1v) is 8.69. The highest BCUT2D eigenvalue weighted by molar-refractivity contribution is 7.14. The van der Waals surface area contributed by atoms with E-state index in [1.54, 1.807) is 11.3 Å². The van der Waals surface area contributed by atoms with E-state index in [4.69, 9.17) is 0 Å². The van der Waals surface area contributed by atoms with Gasteiger partial charge in [0, 0.05) is 24.0 Å². The van der Waals surface area contributed by atoms with Crippen molar-refractivity contribution < 1.29 is 4.79 Å². The molecule has 1 atom stereocenters. The molecular weight excluding hydrogens is 268 g/mol. The third-order valence-corrected chi connectivity index (χ3v) is 5.50. The van der Waals surface area contributed by atoms with Gasteiger partial charge in [-0.25, -0.2) is 0 Å². The lowest BCUT2D eigenvalue weighted by atomic mass is 10.2. The molecule has 0 bridgehead atoms. The molecule has 2 heterocycles. The van der Waals surface area contributed by atoms with E-state index in [2.05, 4.69) is 23.2 Å². The Balaban J connectivity index is 1.67. The van der Waals surface area contributed by atoms with Crippen molar-refractivity contribution in [2.24, 2.45) is 5.92 Å². The molecular formula is C16H24N2OS. The van der Waals surface area contributed by atoms with Gasteiger partial charge in [-0.15, -0.1) is 11.3 Å². The van der Waals surface area contributed by atoms with Gasteiger partial charge in [0.25, 0.3) is 5.91 Å². The molecule has 4 heteroatoms. The average molecular weight is 292 g/mol. The van der Waals surface area contributed by atoms with Gasteiger partial charge in [0.15, 0.2) is 0 Å². The predicted octanol–water partition coefficient (Wildman–Crippen LogP) is 2.91. The van der Waals surface area contributed by atoms with Crippen LogP contribution in [0.1, 0.15) is 47.2 Å². The van der Waals surface area contributed by atoms with Crippen LogP contribution >= 0.6 is 11.3 Å². The van der Waals surface area contributed by atoms with Crippen LogP contribution in [0.15, 0.2) is 12.1 Å². The van der Waals surface area contributed by atoms with Gasteiger partial charge >= 0.3 is 0 Å². The molecule has 0 spiro atoms. The lowest BCUT2D eigenvalue weighted by Crippen LogP contribution is -2.41. The molecule has 0 aromatic carbocycles. The molecule has 3 nitrogen and oxygen atoms in total. The average Bonchev–Trinajstić information content (AvgIpc) is 2.96. The zero-order chi connectivity index (χ0) is 13.9. The Morgan fingerprint density at radius 3 is 2.80 bits per heavy atom. The maximum absolute atomic E-state index is 12.7. The zero-order valence-corrected chi connectivity index (χ0v) is 13.0. The summed E-state index contributed by atoms with van der Waals surface area (Å²) in [6.45, 7) is 5.09. The molecule has 110 valence electrons. The van der Waals surface area contributed by atoms with E-state index < -0.39 is 0 Å². The second-order valence-electron chi connectivity index (χ2n) is 6.07. The Morgan fingerprint density at radius 2 is 2.20 bits per heavy atom. The molecule has 1 aliphatic heterocycles. The number of carbonyl (C=O) groups excluding carboxylic acids is 1. The first kappa shape index (κ1) is 14.1. The van der Waals surface area contributed by atoms with Crippen molar-refractivity contribution in [3.8, 4) is 0 Å². The molecule has 1 unspecified atom stereocenters. The third kappa shape index (κ3) is 3.41. The van der Waals surface area contributed by atoms with Crippen LogP contribution in [0.2, 0.25) is 0 Å². The van der Waals surface area contributed by atoms with Gasteiger partial charge in [-0.3, -0.25) is 4.79 Å². The molecule has 1 aromatic rings. The normalized spacial score (nSPS) is 22.1. The molecule has 3 rings (SSSR count). The monoisotopic (exact) mass is 292 g/mol. The van der Waals surface area contributed by atoms with Gasteiger partial charge in [-0.1, -0.05) is 6.92 Å². The Hall–Kier alpha value is -0.870. The highest BCUT2D eigenvalue weighted by Crippen LogP contribution is 2.31. The second-order valence-corrected chi connectivity index (χ2v) is 7.23. The highest BCUT2D eigenvalue weighted by atomic mass is 32.1. The summed E-state index contributed by atoms with van der Waals surface area (Å²) in [4.78, 5) is 17.1. The molecule has 1 amide bonds. The van der Waals surface area contributed by atoms with Crippen molar-refractivity contribution >= 4 is 17.2 Å². The maximum atomic E-state index is 12.7. The van der Waals surface area contributed by atoms with E-state index in [-0.39, 0.29) is 5.91 Å². The van der Waals surface area contributed by atoms with Gasteiger partial charge in [-0.2, -0.15) is 0 Å². The molecule has 0 radical (unpaired) electrons. The molecule has 1 N–H and O–H groups in total. The first-order valence-electron chi connectivity index (χ1n) is 7.87. The van der Waals surface area contributed by atoms with Crippen molar-refractivity contribution in [3.05, 3.63) is 21.9 Å². The van der Waals surface area contributed by atoms with Crippen LogP contribution in [0.5, 0.6) is 0 Å². The summed E-state index contributed by atoms with van der Waals surface area (Å²) in [5.74, 6) is 1.00. The SMILES string of the molecule is CCc1ccc(C(=O)N(CC2CC2)CC2CCCN2)s1. The van der Waals surface area contributed by atoms with Crippen molar-refractivity contribution in [2.45, 2.75) is 45.1 Å². The molecule has 1 aliphatic carbocycles. The second kappa shape index (κ2) is 6.27. The molecule has 1 saturated heterocycles. The maximum Gasteiger partial charge on any atom is 0.263 e. The van der Waals surface area contributed by atoms with Gasteiger partial charge in [0.2, 0.25) is 0 Å². The van der Waals surface area contributed by atoms with E-state index in [9.17, 15) is 4.79 Å². The Morgan fingerprint density at radius 1 is 1.35 bits per heavy atom. The molecule has 1 saturated carbocycles. The minimum Gasteiger partial charge on any atom is -0.336 e. The largest absolute Gasteiger partial charge is 0.336 e. The number of carbonyl (C=O) groups is 1. The van der Waals surface area contributed by atoms with E-state index >= 15 is 0 Å². The fourth-order valence-corrected chi connectivity index (χ4v) is 3.79. The minimum atomic E-state index is 0.246. The zero-order valence-electron chi connectivity index (χ0n) is 12.2. The van der Waals surface area contributed by atoms with Gasteiger partial charge in [-0.05, 0) is 56.7 Å². The molecule has 1 aromatic heterocycles. The van der Waals surface area contributed by atoms with Gasteiger partial charge < -0.3 is 10.2 Å². The summed E-state index contributed by atoms with van der Waals surface area (Å²) in [5, 5.41) is 3.51. The number of amides is 1. The van der Waals surface area contributed by atoms with Crippen molar-refractivity contribution in [3.63, 3.8) is 0 Å². The van der Waals surface area contributed by atoms with Crippen molar-refractivity contribution in [1.29, 1.82) is 0 Å². The smallest absolute Gasteiger partial charge is 0.263 e. The number of thiophene rings is 1. The van der Waals surface area contributed by atoms with Crippen LogP contribution in [0.3, 0.4) is 0 Å². The quantitative estimate of drug-likeness (QED) is 0.874. The first-order chi connectivity index (χ1) is 9.76. The predicted molar refractivity (Wildman–Crippen MR) is 83.3 cm³/mol. The standard InChI is InChI=1S/C16H24N2OS/c1-2-14-7-8-15(20-14)16(19)18(10-12-5-6-12)11-13-4-3-9-17-13/h7-8,12-13,17H,2-6,9-11H2,1H3. The number of hydrogen-bond donors (Lipinski definition) is 1. The third-order valence-electron chi connectivity index (χ3n) is 4.29. The topological polar surface area (TPSA) is 32.3 Å².